The van der Waals surface area contributed by atoms with Crippen molar-refractivity contribution in [1.82, 2.24) is 0 Å². The Balaban J connectivity index is 1.58. The van der Waals surface area contributed by atoms with E-state index in [0.717, 1.165) is 51.4 Å². The largest absolute Gasteiger partial charge is 0.469 e. The molecule has 0 saturated heterocycles. The normalized spacial score (nSPS) is 51.4. The molecular weight excluding hydrogens is 380 g/mol. The van der Waals surface area contributed by atoms with Gasteiger partial charge in [-0.15, -0.1) is 0 Å². The van der Waals surface area contributed by atoms with Crippen molar-refractivity contribution in [1.29, 1.82) is 0 Å². The van der Waals surface area contributed by atoms with Crippen molar-refractivity contribution >= 4 is 5.97 Å². The maximum atomic E-state index is 11.7. The topological polar surface area (TPSA) is 87.0 Å². The van der Waals surface area contributed by atoms with Crippen LogP contribution in [0, 0.1) is 46.3 Å². The highest BCUT2D eigenvalue weighted by Crippen LogP contribution is 2.68. The van der Waals surface area contributed by atoms with Gasteiger partial charge >= 0.3 is 5.97 Å². The smallest absolute Gasteiger partial charge is 0.305 e. The van der Waals surface area contributed by atoms with Crippen molar-refractivity contribution in [3.8, 4) is 0 Å². The van der Waals surface area contributed by atoms with Crippen molar-refractivity contribution in [3.63, 3.8) is 0 Å². The Kier molecular flexibility index (Phi) is 6.04. The maximum absolute atomic E-state index is 11.7. The van der Waals surface area contributed by atoms with Crippen LogP contribution < -0.4 is 0 Å². The highest BCUT2D eigenvalue weighted by Gasteiger charge is 2.65. The number of ether oxygens (including phenoxy) is 1. The average molecular weight is 423 g/mol. The summed E-state index contributed by atoms with van der Waals surface area (Å²) in [6.07, 6.45) is 6.60. The molecule has 5 heteroatoms. The third-order valence-corrected chi connectivity index (χ3v) is 10.6. The summed E-state index contributed by atoms with van der Waals surface area (Å²) in [6.45, 7) is 6.85. The molecule has 0 aliphatic heterocycles. The van der Waals surface area contributed by atoms with Gasteiger partial charge in [-0.05, 0) is 97.7 Å². The number of esters is 1. The van der Waals surface area contributed by atoms with Crippen LogP contribution in [0.5, 0.6) is 0 Å². The number of rotatable bonds is 4. The third-order valence-electron chi connectivity index (χ3n) is 10.6. The van der Waals surface area contributed by atoms with E-state index in [9.17, 15) is 20.1 Å². The third kappa shape index (κ3) is 3.34. The zero-order chi connectivity index (χ0) is 21.8. The Morgan fingerprint density at radius 1 is 1.07 bits per heavy atom. The molecule has 3 unspecified atom stereocenters. The van der Waals surface area contributed by atoms with Gasteiger partial charge < -0.3 is 20.1 Å². The molecule has 30 heavy (non-hydrogen) atoms. The lowest BCUT2D eigenvalue weighted by molar-refractivity contribution is -0.207. The molecule has 0 radical (unpaired) electrons. The van der Waals surface area contributed by atoms with Gasteiger partial charge in [-0.3, -0.25) is 4.79 Å². The second-order valence-corrected chi connectivity index (χ2v) is 11.6. The van der Waals surface area contributed by atoms with E-state index in [-0.39, 0.29) is 41.0 Å². The van der Waals surface area contributed by atoms with Gasteiger partial charge in [-0.2, -0.15) is 0 Å². The van der Waals surface area contributed by atoms with E-state index in [1.54, 1.807) is 0 Å². The van der Waals surface area contributed by atoms with Crippen LogP contribution in [0.15, 0.2) is 0 Å². The highest BCUT2D eigenvalue weighted by atomic mass is 16.5. The number of methoxy groups -OCH3 is 1. The number of carbonyl (C=O) groups is 1. The average Bonchev–Trinajstić information content (AvgIpc) is 3.06. The molecule has 0 aromatic carbocycles. The lowest BCUT2D eigenvalue weighted by atomic mass is 9.43. The molecule has 0 bridgehead atoms. The summed E-state index contributed by atoms with van der Waals surface area (Å²) in [5.41, 5.74) is -0.0882. The summed E-state index contributed by atoms with van der Waals surface area (Å²) in [7, 11) is 1.44. The highest BCUT2D eigenvalue weighted by molar-refractivity contribution is 5.69. The number of hydrogen-bond acceptors (Lipinski definition) is 5. The van der Waals surface area contributed by atoms with Crippen LogP contribution in [0.3, 0.4) is 0 Å². The molecule has 0 heterocycles. The van der Waals surface area contributed by atoms with Crippen molar-refractivity contribution in [2.75, 3.05) is 7.11 Å². The van der Waals surface area contributed by atoms with Gasteiger partial charge in [-0.25, -0.2) is 0 Å². The molecule has 0 aromatic rings. The Hall–Kier alpha value is -0.650. The molecule has 172 valence electrons. The van der Waals surface area contributed by atoms with E-state index in [1.165, 1.54) is 7.11 Å². The van der Waals surface area contributed by atoms with Crippen LogP contribution in [-0.4, -0.2) is 46.7 Å². The van der Waals surface area contributed by atoms with E-state index in [0.29, 0.717) is 36.0 Å². The summed E-state index contributed by atoms with van der Waals surface area (Å²) in [6, 6.07) is 0. The molecule has 0 aromatic heterocycles. The van der Waals surface area contributed by atoms with Crippen molar-refractivity contribution in [3.05, 3.63) is 0 Å². The lowest BCUT2D eigenvalue weighted by Gasteiger charge is -2.63. The van der Waals surface area contributed by atoms with E-state index in [2.05, 4.69) is 20.8 Å². The van der Waals surface area contributed by atoms with Crippen molar-refractivity contribution in [2.24, 2.45) is 46.3 Å². The number of hydrogen-bond donors (Lipinski definition) is 3. The van der Waals surface area contributed by atoms with E-state index >= 15 is 0 Å². The molecule has 4 saturated carbocycles. The monoisotopic (exact) mass is 422 g/mol. The number of carbonyl (C=O) groups excluding carboxylic acids is 1. The molecule has 4 fully saturated rings. The zero-order valence-electron chi connectivity index (χ0n) is 19.2. The lowest BCUT2D eigenvalue weighted by Crippen LogP contribution is -2.62. The number of aliphatic hydroxyl groups excluding tert-OH is 3. The first-order valence-electron chi connectivity index (χ1n) is 12.2. The minimum atomic E-state index is -0.369. The Morgan fingerprint density at radius 2 is 1.80 bits per heavy atom. The van der Waals surface area contributed by atoms with Gasteiger partial charge in [0.2, 0.25) is 0 Å². The summed E-state index contributed by atoms with van der Waals surface area (Å²) < 4.78 is 4.83. The summed E-state index contributed by atoms with van der Waals surface area (Å²) >= 11 is 0. The van der Waals surface area contributed by atoms with E-state index < -0.39 is 0 Å². The Morgan fingerprint density at radius 3 is 2.50 bits per heavy atom. The van der Waals surface area contributed by atoms with Crippen LogP contribution in [0.1, 0.15) is 78.6 Å². The zero-order valence-corrected chi connectivity index (χ0v) is 19.2. The van der Waals surface area contributed by atoms with Gasteiger partial charge in [0.25, 0.3) is 0 Å². The second-order valence-electron chi connectivity index (χ2n) is 11.6. The first-order valence-corrected chi connectivity index (χ1v) is 12.2. The van der Waals surface area contributed by atoms with Crippen LogP contribution in [0.2, 0.25) is 0 Å². The SMILES string of the molecule is COC(=O)CC[C@@H](C)[C@H]1CC[C@H]2C3C(O)C[C@@H]4C[C@H](O)CC[C@]4(C)C3C[C@H](O)[C@]12C. The predicted octanol–water partition coefficient (Wildman–Crippen LogP) is 3.54. The van der Waals surface area contributed by atoms with E-state index in [4.69, 9.17) is 4.74 Å². The molecule has 5 nitrogen and oxygen atoms in total. The van der Waals surface area contributed by atoms with Gasteiger partial charge in [0.1, 0.15) is 0 Å². The van der Waals surface area contributed by atoms with E-state index in [1.807, 2.05) is 0 Å². The predicted molar refractivity (Wildman–Crippen MR) is 114 cm³/mol. The molecule has 4 aliphatic carbocycles. The summed E-state index contributed by atoms with van der Waals surface area (Å²) in [5, 5.41) is 33.1. The van der Waals surface area contributed by atoms with Crippen LogP contribution in [0.25, 0.3) is 0 Å². The molecule has 11 atom stereocenters. The molecule has 4 rings (SSSR count). The maximum Gasteiger partial charge on any atom is 0.305 e. The number of aliphatic hydroxyl groups is 3. The van der Waals surface area contributed by atoms with Gasteiger partial charge in [-0.1, -0.05) is 20.8 Å². The standard InChI is InChI=1S/C25H42O5/c1-14(5-8-22(29)30-4)17-6-7-18-23-19(13-21(28)25(17,18)3)24(2)10-9-16(26)11-15(24)12-20(23)27/h14-21,23,26-28H,5-13H2,1-4H3/t14-,15+,16-,17-,18+,19?,20?,21+,23?,24+,25-/m1/s1. The minimum absolute atomic E-state index is 0.111. The minimum Gasteiger partial charge on any atom is -0.469 e. The summed E-state index contributed by atoms with van der Waals surface area (Å²) in [5.74, 6) is 1.81. The number of fused-ring (bicyclic) bond motifs is 5. The fraction of sp³-hybridized carbons (Fsp3) is 0.960. The van der Waals surface area contributed by atoms with Gasteiger partial charge in [0, 0.05) is 6.42 Å². The molecule has 4 aliphatic rings. The van der Waals surface area contributed by atoms with Gasteiger partial charge in [0.05, 0.1) is 25.4 Å². The van der Waals surface area contributed by atoms with Crippen molar-refractivity contribution in [2.45, 2.75) is 96.9 Å². The second kappa shape index (κ2) is 8.04. The van der Waals surface area contributed by atoms with Crippen LogP contribution >= 0.6 is 0 Å². The van der Waals surface area contributed by atoms with Crippen molar-refractivity contribution < 1.29 is 24.9 Å². The first kappa shape index (κ1) is 22.5. The summed E-state index contributed by atoms with van der Waals surface area (Å²) in [4.78, 5) is 11.7. The first-order chi connectivity index (χ1) is 14.1. The fourth-order valence-electron chi connectivity index (χ4n) is 8.78. The molecular formula is C25H42O5. The molecule has 0 amide bonds. The fourth-order valence-corrected chi connectivity index (χ4v) is 8.78. The Labute approximate surface area is 181 Å². The van der Waals surface area contributed by atoms with Gasteiger partial charge in [0.15, 0.2) is 0 Å². The molecule has 0 spiro atoms. The van der Waals surface area contributed by atoms with Crippen LogP contribution in [-0.2, 0) is 9.53 Å². The Bertz CT molecular complexity index is 651. The molecule has 3 N–H and O–H groups in total. The quantitative estimate of drug-likeness (QED) is 0.603. The van der Waals surface area contributed by atoms with Crippen LogP contribution in [0.4, 0.5) is 0 Å².